The third kappa shape index (κ3) is 2.79. The summed E-state index contributed by atoms with van der Waals surface area (Å²) in [6.45, 7) is 18.7. The average Bonchev–Trinajstić information content (AvgIpc) is 1.80. The van der Waals surface area contributed by atoms with Crippen LogP contribution in [0.5, 0.6) is 0 Å². The van der Waals surface area contributed by atoms with Gasteiger partial charge in [-0.1, -0.05) is 52.4 Å². The predicted molar refractivity (Wildman–Crippen MR) is 73.4 cm³/mol. The second-order valence-electron chi connectivity index (χ2n) is 6.60. The highest BCUT2D eigenvalue weighted by atomic mass is 29.3. The van der Waals surface area contributed by atoms with E-state index in [9.17, 15) is 4.79 Å². The SMILES string of the molecule is C[Si](C)(C)C(=C=O)[Si](C)(C)[Si](C)(C)C. The highest BCUT2D eigenvalue weighted by Crippen LogP contribution is 2.30. The van der Waals surface area contributed by atoms with Crippen molar-refractivity contribution in [1.82, 2.24) is 0 Å². The Labute approximate surface area is 91.4 Å². The highest BCUT2D eigenvalue weighted by molar-refractivity contribution is 7.46. The van der Waals surface area contributed by atoms with Crippen LogP contribution in [0.2, 0.25) is 52.4 Å². The minimum Gasteiger partial charge on any atom is -0.234 e. The molecule has 0 aliphatic carbocycles. The van der Waals surface area contributed by atoms with E-state index in [0.717, 1.165) is 0 Å². The minimum atomic E-state index is -1.48. The topological polar surface area (TPSA) is 17.1 Å². The molecule has 1 nitrogen and oxygen atoms in total. The zero-order valence-corrected chi connectivity index (χ0v) is 13.9. The molecule has 0 saturated heterocycles. The van der Waals surface area contributed by atoms with E-state index in [1.165, 1.54) is 4.82 Å². The molecule has 0 aromatic rings. The van der Waals surface area contributed by atoms with Gasteiger partial charge < -0.3 is 0 Å². The van der Waals surface area contributed by atoms with Crippen LogP contribution in [0.1, 0.15) is 0 Å². The Balaban J connectivity index is 5.40. The Kier molecular flexibility index (Phi) is 3.96. The Morgan fingerprint density at radius 1 is 0.857 bits per heavy atom. The molecule has 0 amide bonds. The summed E-state index contributed by atoms with van der Waals surface area (Å²) in [6.07, 6.45) is 0. The number of hydrogen-bond acceptors (Lipinski definition) is 1. The molecule has 0 aromatic heterocycles. The van der Waals surface area contributed by atoms with E-state index < -0.39 is 23.3 Å². The molecule has 0 radical (unpaired) electrons. The molecule has 0 atom stereocenters. The third-order valence-electron chi connectivity index (χ3n) is 3.35. The van der Waals surface area contributed by atoms with Gasteiger partial charge in [0, 0.05) is 7.59 Å². The van der Waals surface area contributed by atoms with Gasteiger partial charge in [-0.2, -0.15) is 0 Å². The maximum absolute atomic E-state index is 11.2. The lowest BCUT2D eigenvalue weighted by Crippen LogP contribution is -2.59. The molecule has 4 heteroatoms. The summed E-state index contributed by atoms with van der Waals surface area (Å²) in [5.41, 5.74) is 0. The summed E-state index contributed by atoms with van der Waals surface area (Å²) in [7, 11) is -4.12. The molecule has 0 rings (SSSR count). The molecular weight excluding hydrogens is 220 g/mol. The van der Waals surface area contributed by atoms with E-state index >= 15 is 0 Å². The van der Waals surface area contributed by atoms with E-state index in [-0.39, 0.29) is 0 Å². The van der Waals surface area contributed by atoms with Crippen LogP contribution in [-0.4, -0.2) is 29.2 Å². The lowest BCUT2D eigenvalue weighted by molar-refractivity contribution is 0.568. The number of hydrogen-bond donors (Lipinski definition) is 0. The average molecular weight is 245 g/mol. The van der Waals surface area contributed by atoms with Crippen molar-refractivity contribution < 1.29 is 4.79 Å². The van der Waals surface area contributed by atoms with Gasteiger partial charge in [0.1, 0.15) is 5.94 Å². The van der Waals surface area contributed by atoms with E-state index in [1.807, 2.05) is 0 Å². The van der Waals surface area contributed by atoms with Gasteiger partial charge in [0.15, 0.2) is 0 Å². The van der Waals surface area contributed by atoms with Crippen molar-refractivity contribution >= 4 is 29.2 Å². The first-order valence-electron chi connectivity index (χ1n) is 5.20. The fourth-order valence-electron chi connectivity index (χ4n) is 1.59. The maximum Gasteiger partial charge on any atom is 0.114 e. The smallest absolute Gasteiger partial charge is 0.114 e. The van der Waals surface area contributed by atoms with Crippen molar-refractivity contribution in [2.45, 2.75) is 52.4 Å². The van der Waals surface area contributed by atoms with Crippen LogP contribution in [-0.2, 0) is 4.79 Å². The quantitative estimate of drug-likeness (QED) is 0.550. The van der Waals surface area contributed by atoms with Gasteiger partial charge in [-0.15, -0.1) is 0 Å². The zero-order valence-electron chi connectivity index (χ0n) is 10.9. The molecule has 82 valence electrons. The summed E-state index contributed by atoms with van der Waals surface area (Å²) in [6, 6.07) is 0. The molecule has 0 fully saturated rings. The van der Waals surface area contributed by atoms with Crippen LogP contribution >= 0.6 is 0 Å². The molecular formula is C10H24OSi3. The van der Waals surface area contributed by atoms with Crippen molar-refractivity contribution in [2.75, 3.05) is 0 Å². The molecule has 0 aliphatic rings. The van der Waals surface area contributed by atoms with E-state index in [0.29, 0.717) is 0 Å². The first-order chi connectivity index (χ1) is 5.94. The van der Waals surface area contributed by atoms with E-state index in [1.54, 1.807) is 0 Å². The molecule has 0 saturated carbocycles. The normalized spacial score (nSPS) is 13.7. The Hall–Kier alpha value is 0.101. The first-order valence-corrected chi connectivity index (χ1v) is 16.2. The lowest BCUT2D eigenvalue weighted by atomic mass is 11.2. The summed E-state index contributed by atoms with van der Waals surface area (Å²) >= 11 is 0. The molecule has 0 N–H and O–H groups in total. The summed E-state index contributed by atoms with van der Waals surface area (Å²) in [5, 5.41) is 0. The predicted octanol–water partition coefficient (Wildman–Crippen LogP) is 3.29. The van der Waals surface area contributed by atoms with E-state index in [2.05, 4.69) is 58.3 Å². The maximum atomic E-state index is 11.2. The van der Waals surface area contributed by atoms with Crippen molar-refractivity contribution in [3.05, 3.63) is 4.82 Å². The number of carbonyl (C=O) groups excluding carboxylic acids is 1. The van der Waals surface area contributed by atoms with Crippen LogP contribution in [0.25, 0.3) is 0 Å². The Bertz CT molecular complexity index is 262. The molecule has 0 aromatic carbocycles. The summed E-state index contributed by atoms with van der Waals surface area (Å²) < 4.78 is 0. The van der Waals surface area contributed by atoms with Crippen LogP contribution in [0.4, 0.5) is 0 Å². The lowest BCUT2D eigenvalue weighted by Gasteiger charge is -2.40. The summed E-state index contributed by atoms with van der Waals surface area (Å²) in [5.74, 6) is 2.31. The van der Waals surface area contributed by atoms with Gasteiger partial charge in [0.25, 0.3) is 0 Å². The summed E-state index contributed by atoms with van der Waals surface area (Å²) in [4.78, 5) is 12.4. The van der Waals surface area contributed by atoms with Gasteiger partial charge in [0.05, 0.1) is 15.7 Å². The van der Waals surface area contributed by atoms with Crippen molar-refractivity contribution in [2.24, 2.45) is 0 Å². The highest BCUT2D eigenvalue weighted by Gasteiger charge is 2.45. The van der Waals surface area contributed by atoms with Crippen LogP contribution < -0.4 is 0 Å². The molecule has 0 bridgehead atoms. The van der Waals surface area contributed by atoms with Crippen molar-refractivity contribution in [3.63, 3.8) is 0 Å². The van der Waals surface area contributed by atoms with Crippen LogP contribution in [0.15, 0.2) is 4.82 Å². The van der Waals surface area contributed by atoms with Crippen molar-refractivity contribution in [3.8, 4) is 0 Å². The van der Waals surface area contributed by atoms with Gasteiger partial charge in [-0.25, -0.2) is 4.79 Å². The molecule has 14 heavy (non-hydrogen) atoms. The molecule has 0 aliphatic heterocycles. The third-order valence-corrected chi connectivity index (χ3v) is 26.9. The van der Waals surface area contributed by atoms with Crippen LogP contribution in [0, 0.1) is 0 Å². The van der Waals surface area contributed by atoms with Gasteiger partial charge in [-0.05, 0) is 4.82 Å². The second kappa shape index (κ2) is 3.93. The molecule has 0 unspecified atom stereocenters. The standard InChI is InChI=1S/C10H24OSi3/c1-12(2,3)10(9-11)14(7,8)13(4,5)6/h1-8H3. The minimum absolute atomic E-state index is 1.20. The van der Waals surface area contributed by atoms with Gasteiger partial charge in [-0.3, -0.25) is 0 Å². The molecule has 0 heterocycles. The van der Waals surface area contributed by atoms with Gasteiger partial charge in [0.2, 0.25) is 0 Å². The monoisotopic (exact) mass is 244 g/mol. The second-order valence-corrected chi connectivity index (χ2v) is 28.6. The Morgan fingerprint density at radius 3 is 1.29 bits per heavy atom. The fourth-order valence-corrected chi connectivity index (χ4v) is 19.6. The Morgan fingerprint density at radius 2 is 1.21 bits per heavy atom. The first kappa shape index (κ1) is 14.1. The molecule has 0 spiro atoms. The zero-order chi connectivity index (χ0) is 11.8. The fraction of sp³-hybridized carbons (Fsp3) is 0.800. The van der Waals surface area contributed by atoms with Gasteiger partial charge >= 0.3 is 0 Å². The van der Waals surface area contributed by atoms with E-state index in [4.69, 9.17) is 0 Å². The number of rotatable bonds is 3. The van der Waals surface area contributed by atoms with Crippen LogP contribution in [0.3, 0.4) is 0 Å². The largest absolute Gasteiger partial charge is 0.234 e. The van der Waals surface area contributed by atoms with Crippen molar-refractivity contribution in [1.29, 1.82) is 0 Å².